The van der Waals surface area contributed by atoms with Gasteiger partial charge in [0.1, 0.15) is 0 Å². The number of nitrogens with one attached hydrogen (secondary N) is 1. The Hall–Kier alpha value is -2.18. The van der Waals surface area contributed by atoms with Gasteiger partial charge in [0.15, 0.2) is 0 Å². The van der Waals surface area contributed by atoms with E-state index < -0.39 is 5.97 Å². The highest BCUT2D eigenvalue weighted by molar-refractivity contribution is 7.12. The maximum Gasteiger partial charge on any atom is 0.336 e. The molecule has 0 atom stereocenters. The van der Waals surface area contributed by atoms with Crippen LogP contribution in [0.3, 0.4) is 0 Å². The van der Waals surface area contributed by atoms with Gasteiger partial charge in [0, 0.05) is 17.6 Å². The number of carbonyl (C=O) groups is 2. The van der Waals surface area contributed by atoms with E-state index >= 15 is 0 Å². The van der Waals surface area contributed by atoms with E-state index in [0.717, 1.165) is 35.6 Å². The third kappa shape index (κ3) is 4.16. The van der Waals surface area contributed by atoms with Gasteiger partial charge in [0.25, 0.3) is 5.91 Å². The maximum absolute atomic E-state index is 12.2. The van der Waals surface area contributed by atoms with Crippen LogP contribution in [0.25, 0.3) is 0 Å². The van der Waals surface area contributed by atoms with Crippen molar-refractivity contribution in [1.82, 2.24) is 4.90 Å². The van der Waals surface area contributed by atoms with Crippen LogP contribution in [0.4, 0.5) is 5.69 Å². The lowest BCUT2D eigenvalue weighted by molar-refractivity contribution is 0.0697. The van der Waals surface area contributed by atoms with Crippen LogP contribution in [0.5, 0.6) is 0 Å². The molecule has 1 aromatic heterocycles. The zero-order valence-corrected chi connectivity index (χ0v) is 13.3. The number of benzene rings is 1. The van der Waals surface area contributed by atoms with Gasteiger partial charge in [-0.2, -0.15) is 0 Å². The number of carboxylic acids is 1. The molecule has 1 heterocycles. The van der Waals surface area contributed by atoms with Gasteiger partial charge in [0.05, 0.1) is 10.4 Å². The molecule has 2 N–H and O–H groups in total. The molecule has 0 saturated heterocycles. The number of nitrogens with zero attached hydrogens (tertiary/aromatic N) is 1. The number of hydrogen-bond acceptors (Lipinski definition) is 4. The minimum Gasteiger partial charge on any atom is -0.478 e. The molecule has 6 heteroatoms. The van der Waals surface area contributed by atoms with E-state index in [-0.39, 0.29) is 11.5 Å². The summed E-state index contributed by atoms with van der Waals surface area (Å²) < 4.78 is 0. The Kier molecular flexibility index (Phi) is 5.30. The lowest BCUT2D eigenvalue weighted by Gasteiger charge is -2.13. The fourth-order valence-electron chi connectivity index (χ4n) is 1.96. The summed E-state index contributed by atoms with van der Waals surface area (Å²) in [5.74, 6) is -1.31. The van der Waals surface area contributed by atoms with Crippen molar-refractivity contribution >= 4 is 28.9 Å². The predicted molar refractivity (Wildman–Crippen MR) is 87.9 cm³/mol. The molecule has 2 rings (SSSR count). The molecule has 0 fully saturated rings. The third-order valence-electron chi connectivity index (χ3n) is 3.16. The normalized spacial score (nSPS) is 10.7. The second-order valence-electron chi connectivity index (χ2n) is 5.17. The standard InChI is InChI=1S/C16H18N2O3S/c1-18(2)8-7-11-5-3-4-6-13(11)17-15(19)14-9-12(10-22-14)16(20)21/h3-6,9-10H,7-8H2,1-2H3,(H,17,19)(H,20,21). The van der Waals surface area contributed by atoms with E-state index in [1.165, 1.54) is 11.4 Å². The molecule has 0 aliphatic heterocycles. The number of rotatable bonds is 6. The molecular weight excluding hydrogens is 300 g/mol. The van der Waals surface area contributed by atoms with E-state index in [4.69, 9.17) is 5.11 Å². The fourth-order valence-corrected chi connectivity index (χ4v) is 2.73. The summed E-state index contributed by atoms with van der Waals surface area (Å²) in [6, 6.07) is 9.04. The van der Waals surface area contributed by atoms with E-state index in [0.29, 0.717) is 4.88 Å². The first-order chi connectivity index (χ1) is 10.5. The molecule has 5 nitrogen and oxygen atoms in total. The van der Waals surface area contributed by atoms with Crippen LogP contribution >= 0.6 is 11.3 Å². The van der Waals surface area contributed by atoms with Gasteiger partial charge in [0.2, 0.25) is 0 Å². The first-order valence-electron chi connectivity index (χ1n) is 6.83. The highest BCUT2D eigenvalue weighted by atomic mass is 32.1. The molecule has 22 heavy (non-hydrogen) atoms. The number of anilines is 1. The number of thiophene rings is 1. The number of para-hydroxylation sites is 1. The SMILES string of the molecule is CN(C)CCc1ccccc1NC(=O)c1cc(C(=O)O)cs1. The van der Waals surface area contributed by atoms with Crippen LogP contribution in [0.2, 0.25) is 0 Å². The van der Waals surface area contributed by atoms with Gasteiger partial charge in [-0.3, -0.25) is 4.79 Å². The second-order valence-corrected chi connectivity index (χ2v) is 6.08. The van der Waals surface area contributed by atoms with E-state index in [1.54, 1.807) is 0 Å². The minimum atomic E-state index is -1.03. The van der Waals surface area contributed by atoms with Crippen LogP contribution < -0.4 is 5.32 Å². The maximum atomic E-state index is 12.2. The Balaban J connectivity index is 2.12. The quantitative estimate of drug-likeness (QED) is 0.859. The first kappa shape index (κ1) is 16.2. The molecule has 2 aromatic rings. The number of aromatic carboxylic acids is 1. The van der Waals surface area contributed by atoms with Gasteiger partial charge < -0.3 is 15.3 Å². The lowest BCUT2D eigenvalue weighted by Crippen LogP contribution is -2.17. The largest absolute Gasteiger partial charge is 0.478 e. The molecule has 0 saturated carbocycles. The average molecular weight is 318 g/mol. The Morgan fingerprint density at radius 3 is 2.64 bits per heavy atom. The van der Waals surface area contributed by atoms with Gasteiger partial charge in [-0.1, -0.05) is 18.2 Å². The van der Waals surface area contributed by atoms with Crippen molar-refractivity contribution in [1.29, 1.82) is 0 Å². The fraction of sp³-hybridized carbons (Fsp3) is 0.250. The van der Waals surface area contributed by atoms with Crippen LogP contribution in [-0.2, 0) is 6.42 Å². The summed E-state index contributed by atoms with van der Waals surface area (Å²) in [5.41, 5.74) is 1.95. The Morgan fingerprint density at radius 1 is 1.27 bits per heavy atom. The van der Waals surface area contributed by atoms with Crippen molar-refractivity contribution in [3.8, 4) is 0 Å². The first-order valence-corrected chi connectivity index (χ1v) is 7.71. The summed E-state index contributed by atoms with van der Waals surface area (Å²) in [6.07, 6.45) is 0.828. The van der Waals surface area contributed by atoms with Crippen LogP contribution in [0.1, 0.15) is 25.6 Å². The molecular formula is C16H18N2O3S. The summed E-state index contributed by atoms with van der Waals surface area (Å²) in [7, 11) is 4.00. The minimum absolute atomic E-state index is 0.135. The van der Waals surface area contributed by atoms with Crippen molar-refractivity contribution in [3.05, 3.63) is 51.7 Å². The van der Waals surface area contributed by atoms with Gasteiger partial charge >= 0.3 is 5.97 Å². The van der Waals surface area contributed by atoms with Crippen LogP contribution in [0, 0.1) is 0 Å². The molecule has 1 amide bonds. The summed E-state index contributed by atoms with van der Waals surface area (Å²) in [4.78, 5) is 25.6. The molecule has 1 aromatic carbocycles. The van der Waals surface area contributed by atoms with E-state index in [1.807, 2.05) is 38.4 Å². The molecule has 0 spiro atoms. The van der Waals surface area contributed by atoms with Crippen molar-refractivity contribution in [2.24, 2.45) is 0 Å². The molecule has 0 bridgehead atoms. The van der Waals surface area contributed by atoms with Crippen molar-refractivity contribution in [2.45, 2.75) is 6.42 Å². The monoisotopic (exact) mass is 318 g/mol. The van der Waals surface area contributed by atoms with Crippen molar-refractivity contribution < 1.29 is 14.7 Å². The molecule has 0 radical (unpaired) electrons. The zero-order chi connectivity index (χ0) is 16.1. The summed E-state index contributed by atoms with van der Waals surface area (Å²) in [5, 5.41) is 13.2. The highest BCUT2D eigenvalue weighted by Gasteiger charge is 2.14. The van der Waals surface area contributed by atoms with E-state index in [2.05, 4.69) is 10.2 Å². The molecule has 0 aliphatic rings. The highest BCUT2D eigenvalue weighted by Crippen LogP contribution is 2.20. The summed E-state index contributed by atoms with van der Waals surface area (Å²) >= 11 is 1.13. The zero-order valence-electron chi connectivity index (χ0n) is 12.5. The second kappa shape index (κ2) is 7.20. The summed E-state index contributed by atoms with van der Waals surface area (Å²) in [6.45, 7) is 0.884. The number of likely N-dealkylation sites (N-methyl/N-ethyl adjacent to an activating group) is 1. The smallest absolute Gasteiger partial charge is 0.336 e. The molecule has 0 unspecified atom stereocenters. The van der Waals surface area contributed by atoms with Crippen LogP contribution in [0.15, 0.2) is 35.7 Å². The average Bonchev–Trinajstić information content (AvgIpc) is 2.96. The molecule has 0 aliphatic carbocycles. The molecule has 116 valence electrons. The topological polar surface area (TPSA) is 69.6 Å². The lowest BCUT2D eigenvalue weighted by atomic mass is 10.1. The van der Waals surface area contributed by atoms with Crippen molar-refractivity contribution in [3.63, 3.8) is 0 Å². The number of amides is 1. The predicted octanol–water partition coefficient (Wildman–Crippen LogP) is 2.80. The van der Waals surface area contributed by atoms with Crippen LogP contribution in [-0.4, -0.2) is 42.5 Å². The number of carbonyl (C=O) groups excluding carboxylic acids is 1. The van der Waals surface area contributed by atoms with E-state index in [9.17, 15) is 9.59 Å². The third-order valence-corrected chi connectivity index (χ3v) is 4.09. The Labute approximate surface area is 133 Å². The van der Waals surface area contributed by atoms with Gasteiger partial charge in [-0.25, -0.2) is 4.79 Å². The number of carboxylic acid groups (broad SMARTS) is 1. The Bertz CT molecular complexity index is 680. The Morgan fingerprint density at radius 2 is 2.00 bits per heavy atom. The van der Waals surface area contributed by atoms with Gasteiger partial charge in [-0.15, -0.1) is 11.3 Å². The van der Waals surface area contributed by atoms with Gasteiger partial charge in [-0.05, 0) is 38.2 Å². The van der Waals surface area contributed by atoms with Crippen molar-refractivity contribution in [2.75, 3.05) is 26.0 Å². The number of hydrogen-bond donors (Lipinski definition) is 2.